The third-order valence-electron chi connectivity index (χ3n) is 3.33. The molecule has 5 nitrogen and oxygen atoms in total. The third-order valence-corrected chi connectivity index (χ3v) is 3.33. The highest BCUT2D eigenvalue weighted by molar-refractivity contribution is 5.88. The Bertz CT molecular complexity index is 281. The van der Waals surface area contributed by atoms with Gasteiger partial charge in [0.2, 0.25) is 11.8 Å². The number of nitrogens with two attached hydrogens (primary N) is 1. The van der Waals surface area contributed by atoms with Crippen molar-refractivity contribution in [2.24, 2.45) is 11.7 Å². The molecule has 2 amide bonds. The number of nitrogens with zero attached hydrogens (tertiary/aromatic N) is 1. The lowest BCUT2D eigenvalue weighted by atomic mass is 10.0. The Morgan fingerprint density at radius 1 is 1.59 bits per heavy atom. The molecule has 1 heterocycles. The molecule has 1 rings (SSSR count). The number of hydrogen-bond acceptors (Lipinski definition) is 3. The fourth-order valence-corrected chi connectivity index (χ4v) is 2.07. The topological polar surface area (TPSA) is 75.4 Å². The van der Waals surface area contributed by atoms with Crippen LogP contribution in [0.15, 0.2) is 0 Å². The summed E-state index contributed by atoms with van der Waals surface area (Å²) in [7, 11) is 0. The van der Waals surface area contributed by atoms with Crippen LogP contribution in [-0.4, -0.2) is 42.4 Å². The molecule has 0 bridgehead atoms. The van der Waals surface area contributed by atoms with Crippen molar-refractivity contribution in [1.29, 1.82) is 0 Å². The molecule has 0 aromatic rings. The van der Waals surface area contributed by atoms with Crippen LogP contribution < -0.4 is 11.1 Å². The zero-order chi connectivity index (χ0) is 12.8. The minimum Gasteiger partial charge on any atom is -0.353 e. The quantitative estimate of drug-likeness (QED) is 0.716. The molecular weight excluding hydrogens is 218 g/mol. The maximum absolute atomic E-state index is 12.0. The molecule has 0 aromatic heterocycles. The van der Waals surface area contributed by atoms with E-state index in [1.165, 1.54) is 0 Å². The molecule has 1 aliphatic rings. The van der Waals surface area contributed by atoms with Crippen LogP contribution in [0.4, 0.5) is 0 Å². The van der Waals surface area contributed by atoms with Crippen LogP contribution in [0, 0.1) is 5.92 Å². The molecule has 0 radical (unpaired) electrons. The van der Waals surface area contributed by atoms with E-state index in [-0.39, 0.29) is 17.9 Å². The monoisotopic (exact) mass is 241 g/mol. The molecule has 0 aromatic carbocycles. The minimum atomic E-state index is -0.332. The lowest BCUT2D eigenvalue weighted by Gasteiger charge is -2.33. The van der Waals surface area contributed by atoms with E-state index in [9.17, 15) is 9.59 Å². The van der Waals surface area contributed by atoms with Crippen molar-refractivity contribution >= 4 is 11.8 Å². The number of nitrogens with one attached hydrogen (secondary N) is 1. The van der Waals surface area contributed by atoms with Crippen LogP contribution in [0.3, 0.4) is 0 Å². The zero-order valence-corrected chi connectivity index (χ0v) is 10.7. The second-order valence-electron chi connectivity index (χ2n) is 4.78. The van der Waals surface area contributed by atoms with Gasteiger partial charge < -0.3 is 16.0 Å². The maximum Gasteiger partial charge on any atom is 0.242 e. The highest BCUT2D eigenvalue weighted by Crippen LogP contribution is 2.13. The summed E-state index contributed by atoms with van der Waals surface area (Å²) < 4.78 is 0. The van der Waals surface area contributed by atoms with Gasteiger partial charge >= 0.3 is 0 Å². The maximum atomic E-state index is 12.0. The molecule has 98 valence electrons. The number of amides is 2. The van der Waals surface area contributed by atoms with Crippen molar-refractivity contribution in [3.05, 3.63) is 0 Å². The first-order valence-electron chi connectivity index (χ1n) is 6.33. The molecule has 3 N–H and O–H groups in total. The summed E-state index contributed by atoms with van der Waals surface area (Å²) in [6.07, 6.45) is 2.31. The molecule has 2 unspecified atom stereocenters. The second kappa shape index (κ2) is 6.59. The fourth-order valence-electron chi connectivity index (χ4n) is 2.07. The van der Waals surface area contributed by atoms with Gasteiger partial charge in [-0.25, -0.2) is 0 Å². The van der Waals surface area contributed by atoms with Gasteiger partial charge in [0.1, 0.15) is 6.04 Å². The zero-order valence-electron chi connectivity index (χ0n) is 10.7. The van der Waals surface area contributed by atoms with Gasteiger partial charge in [0, 0.05) is 19.5 Å². The fraction of sp³-hybridized carbons (Fsp3) is 0.833. The van der Waals surface area contributed by atoms with Crippen LogP contribution in [-0.2, 0) is 9.59 Å². The smallest absolute Gasteiger partial charge is 0.242 e. The van der Waals surface area contributed by atoms with E-state index in [1.807, 2.05) is 0 Å². The van der Waals surface area contributed by atoms with Gasteiger partial charge in [-0.3, -0.25) is 9.59 Å². The lowest BCUT2D eigenvalue weighted by molar-refractivity contribution is -0.142. The van der Waals surface area contributed by atoms with Crippen molar-refractivity contribution < 1.29 is 9.59 Å². The van der Waals surface area contributed by atoms with Gasteiger partial charge in [-0.15, -0.1) is 0 Å². The molecule has 0 spiro atoms. The molecule has 5 heteroatoms. The number of carbonyl (C=O) groups is 2. The summed E-state index contributed by atoms with van der Waals surface area (Å²) in [4.78, 5) is 25.1. The van der Waals surface area contributed by atoms with Crippen molar-refractivity contribution in [2.45, 2.75) is 39.2 Å². The van der Waals surface area contributed by atoms with Crippen LogP contribution in [0.25, 0.3) is 0 Å². The highest BCUT2D eigenvalue weighted by Gasteiger charge is 2.28. The summed E-state index contributed by atoms with van der Waals surface area (Å²) in [6, 6.07) is -0.332. The predicted octanol–water partition coefficient (Wildman–Crippen LogP) is 0.0984. The molecule has 1 saturated heterocycles. The molecule has 0 saturated carbocycles. The van der Waals surface area contributed by atoms with Crippen molar-refractivity contribution in [2.75, 3.05) is 19.6 Å². The van der Waals surface area contributed by atoms with E-state index in [0.29, 0.717) is 32.0 Å². The van der Waals surface area contributed by atoms with E-state index >= 15 is 0 Å². The highest BCUT2D eigenvalue weighted by atomic mass is 16.2. The SMILES string of the molecule is CC(CCN)CCC(=O)N1CCNC(=O)C1C. The molecule has 17 heavy (non-hydrogen) atoms. The Morgan fingerprint density at radius 2 is 2.29 bits per heavy atom. The van der Waals surface area contributed by atoms with Crippen LogP contribution in [0.2, 0.25) is 0 Å². The average Bonchev–Trinajstić information content (AvgIpc) is 2.30. The molecule has 2 atom stereocenters. The lowest BCUT2D eigenvalue weighted by Crippen LogP contribution is -2.55. The molecule has 1 aliphatic heterocycles. The predicted molar refractivity (Wildman–Crippen MR) is 66.3 cm³/mol. The summed E-state index contributed by atoms with van der Waals surface area (Å²) in [6.45, 7) is 5.73. The summed E-state index contributed by atoms with van der Waals surface area (Å²) in [5.41, 5.74) is 5.47. The second-order valence-corrected chi connectivity index (χ2v) is 4.78. The van der Waals surface area contributed by atoms with E-state index in [1.54, 1.807) is 11.8 Å². The number of hydrogen-bond donors (Lipinski definition) is 2. The Kier molecular flexibility index (Phi) is 5.41. The summed E-state index contributed by atoms with van der Waals surface area (Å²) in [5, 5.41) is 2.75. The van der Waals surface area contributed by atoms with Crippen LogP contribution in [0.5, 0.6) is 0 Å². The number of rotatable bonds is 5. The van der Waals surface area contributed by atoms with Gasteiger partial charge in [0.05, 0.1) is 0 Å². The van der Waals surface area contributed by atoms with Gasteiger partial charge in [0.15, 0.2) is 0 Å². The minimum absolute atomic E-state index is 0.0559. The Morgan fingerprint density at radius 3 is 2.94 bits per heavy atom. The van der Waals surface area contributed by atoms with Crippen molar-refractivity contribution in [3.63, 3.8) is 0 Å². The Balaban J connectivity index is 2.38. The van der Waals surface area contributed by atoms with Crippen molar-refractivity contribution in [1.82, 2.24) is 10.2 Å². The summed E-state index contributed by atoms with van der Waals surface area (Å²) >= 11 is 0. The van der Waals surface area contributed by atoms with Gasteiger partial charge in [-0.05, 0) is 32.2 Å². The normalized spacial score (nSPS) is 22.2. The third kappa shape index (κ3) is 4.00. The summed E-state index contributed by atoms with van der Waals surface area (Å²) in [5.74, 6) is 0.494. The first-order valence-corrected chi connectivity index (χ1v) is 6.33. The number of carbonyl (C=O) groups excluding carboxylic acids is 2. The molecular formula is C12H23N3O2. The largest absolute Gasteiger partial charge is 0.353 e. The standard InChI is InChI=1S/C12H23N3O2/c1-9(5-6-13)3-4-11(16)15-8-7-14-12(17)10(15)2/h9-10H,3-8,13H2,1-2H3,(H,14,17). The Hall–Kier alpha value is -1.10. The van der Waals surface area contributed by atoms with E-state index in [4.69, 9.17) is 5.73 Å². The van der Waals surface area contributed by atoms with E-state index < -0.39 is 0 Å². The first-order chi connectivity index (χ1) is 8.06. The van der Waals surface area contributed by atoms with Crippen molar-refractivity contribution in [3.8, 4) is 0 Å². The molecule has 0 aliphatic carbocycles. The first kappa shape index (κ1) is 14.0. The van der Waals surface area contributed by atoms with Crippen LogP contribution >= 0.6 is 0 Å². The van der Waals surface area contributed by atoms with Gasteiger partial charge in [0.25, 0.3) is 0 Å². The Labute approximate surface area is 103 Å². The van der Waals surface area contributed by atoms with Gasteiger partial charge in [-0.1, -0.05) is 6.92 Å². The van der Waals surface area contributed by atoms with E-state index in [2.05, 4.69) is 12.2 Å². The average molecular weight is 241 g/mol. The van der Waals surface area contributed by atoms with Crippen LogP contribution in [0.1, 0.15) is 33.1 Å². The van der Waals surface area contributed by atoms with Gasteiger partial charge in [-0.2, -0.15) is 0 Å². The molecule has 1 fully saturated rings. The number of piperazine rings is 1. The van der Waals surface area contributed by atoms with E-state index in [0.717, 1.165) is 12.8 Å².